The van der Waals surface area contributed by atoms with Crippen molar-refractivity contribution in [3.05, 3.63) is 58.0 Å². The number of amides is 1. The van der Waals surface area contributed by atoms with Gasteiger partial charge in [-0.25, -0.2) is 19.3 Å². The second kappa shape index (κ2) is 8.09. The van der Waals surface area contributed by atoms with Gasteiger partial charge in [-0.1, -0.05) is 0 Å². The molecule has 0 aliphatic carbocycles. The summed E-state index contributed by atoms with van der Waals surface area (Å²) in [6.07, 6.45) is 1.58. The van der Waals surface area contributed by atoms with Crippen molar-refractivity contribution in [1.29, 1.82) is 0 Å². The van der Waals surface area contributed by atoms with E-state index in [1.807, 2.05) is 49.4 Å². The number of carbonyl (C=O) groups is 1. The van der Waals surface area contributed by atoms with Gasteiger partial charge in [0.2, 0.25) is 0 Å². The van der Waals surface area contributed by atoms with Gasteiger partial charge in [-0.15, -0.1) is 0 Å². The highest BCUT2D eigenvalue weighted by Gasteiger charge is 2.42. The molecule has 2 aliphatic heterocycles. The molecule has 2 aliphatic rings. The molecule has 0 bridgehead atoms. The number of nitrogens with zero attached hydrogens (tertiary/aromatic N) is 8. The monoisotopic (exact) mass is 448 g/mol. The quantitative estimate of drug-likeness (QED) is 0.598. The van der Waals surface area contributed by atoms with Crippen molar-refractivity contribution >= 4 is 11.7 Å². The number of hydrogen-bond acceptors (Lipinski definition) is 7. The lowest BCUT2D eigenvalue weighted by Gasteiger charge is -2.22. The molecule has 0 aromatic carbocycles. The zero-order valence-electron chi connectivity index (χ0n) is 19.3. The predicted molar refractivity (Wildman–Crippen MR) is 123 cm³/mol. The van der Waals surface area contributed by atoms with Gasteiger partial charge in [0, 0.05) is 55.8 Å². The SMILES string of the molecule is Cc1cc(C)n(-c2cc(N3CC4CN(C(=O)c5ccc(=O)n(C(C)C)n5)CC4C3)ncn2)n1. The molecule has 2 atom stereocenters. The van der Waals surface area contributed by atoms with E-state index in [0.717, 1.165) is 36.1 Å². The van der Waals surface area contributed by atoms with E-state index in [2.05, 4.69) is 25.1 Å². The molecule has 172 valence electrons. The average Bonchev–Trinajstić information content (AvgIpc) is 3.46. The summed E-state index contributed by atoms with van der Waals surface area (Å²) in [7, 11) is 0. The third kappa shape index (κ3) is 3.90. The summed E-state index contributed by atoms with van der Waals surface area (Å²) >= 11 is 0. The maximum Gasteiger partial charge on any atom is 0.274 e. The third-order valence-corrected chi connectivity index (χ3v) is 6.50. The average molecular weight is 449 g/mol. The minimum absolute atomic E-state index is 0.0936. The normalized spacial score (nSPS) is 20.0. The van der Waals surface area contributed by atoms with Crippen molar-refractivity contribution < 1.29 is 4.79 Å². The summed E-state index contributed by atoms with van der Waals surface area (Å²) in [4.78, 5) is 38.1. The maximum atomic E-state index is 13.1. The number of rotatable bonds is 4. The topological polar surface area (TPSA) is 102 Å². The minimum atomic E-state index is -0.194. The number of fused-ring (bicyclic) bond motifs is 1. The fourth-order valence-corrected chi connectivity index (χ4v) is 4.90. The van der Waals surface area contributed by atoms with Crippen LogP contribution in [0.25, 0.3) is 5.82 Å². The number of anilines is 1. The minimum Gasteiger partial charge on any atom is -0.356 e. The van der Waals surface area contributed by atoms with Crippen LogP contribution in [-0.4, -0.2) is 66.5 Å². The van der Waals surface area contributed by atoms with Gasteiger partial charge < -0.3 is 9.80 Å². The Kier molecular flexibility index (Phi) is 5.22. The summed E-state index contributed by atoms with van der Waals surface area (Å²) in [5.41, 5.74) is 2.11. The lowest BCUT2D eigenvalue weighted by molar-refractivity contribution is 0.0773. The van der Waals surface area contributed by atoms with E-state index in [-0.39, 0.29) is 17.5 Å². The largest absolute Gasteiger partial charge is 0.356 e. The van der Waals surface area contributed by atoms with Crippen LogP contribution < -0.4 is 10.5 Å². The molecule has 33 heavy (non-hydrogen) atoms. The standard InChI is InChI=1S/C23H28N8O2/c1-14(2)30-22(32)6-5-19(27-30)23(33)29-11-17-9-28(10-18(17)12-29)20-8-21(25-13-24-20)31-16(4)7-15(3)26-31/h5-8,13-14,17-18H,9-12H2,1-4H3. The molecule has 0 saturated carbocycles. The van der Waals surface area contributed by atoms with Crippen LogP contribution in [0, 0.1) is 25.7 Å². The highest BCUT2D eigenvalue weighted by Crippen LogP contribution is 2.34. The molecular formula is C23H28N8O2. The Labute approximate surface area is 191 Å². The van der Waals surface area contributed by atoms with E-state index in [1.54, 1.807) is 6.33 Å². The summed E-state index contributed by atoms with van der Waals surface area (Å²) < 4.78 is 3.20. The first kappa shape index (κ1) is 21.3. The third-order valence-electron chi connectivity index (χ3n) is 6.50. The van der Waals surface area contributed by atoms with Crippen molar-refractivity contribution in [2.75, 3.05) is 31.1 Å². The van der Waals surface area contributed by atoms with E-state index >= 15 is 0 Å². The van der Waals surface area contributed by atoms with Crippen LogP contribution in [-0.2, 0) is 0 Å². The molecule has 10 nitrogen and oxygen atoms in total. The van der Waals surface area contributed by atoms with Crippen molar-refractivity contribution in [3.8, 4) is 5.82 Å². The van der Waals surface area contributed by atoms with E-state index < -0.39 is 0 Å². The second-order valence-corrected chi connectivity index (χ2v) is 9.30. The Hall–Kier alpha value is -3.56. The summed E-state index contributed by atoms with van der Waals surface area (Å²) in [6, 6.07) is 6.86. The van der Waals surface area contributed by atoms with Gasteiger partial charge in [-0.3, -0.25) is 9.59 Å². The maximum absolute atomic E-state index is 13.1. The van der Waals surface area contributed by atoms with Crippen molar-refractivity contribution in [2.24, 2.45) is 11.8 Å². The zero-order chi connectivity index (χ0) is 23.3. The highest BCUT2D eigenvalue weighted by atomic mass is 16.2. The van der Waals surface area contributed by atoms with Crippen molar-refractivity contribution in [3.63, 3.8) is 0 Å². The Morgan fingerprint density at radius 1 is 0.970 bits per heavy atom. The molecule has 2 fully saturated rings. The fourth-order valence-electron chi connectivity index (χ4n) is 4.90. The smallest absolute Gasteiger partial charge is 0.274 e. The first-order chi connectivity index (χ1) is 15.8. The Morgan fingerprint density at radius 3 is 2.30 bits per heavy atom. The van der Waals surface area contributed by atoms with Crippen LogP contribution in [0.15, 0.2) is 35.4 Å². The lowest BCUT2D eigenvalue weighted by Crippen LogP contribution is -2.35. The molecule has 0 radical (unpaired) electrons. The first-order valence-electron chi connectivity index (χ1n) is 11.3. The van der Waals surface area contributed by atoms with Crippen LogP contribution in [0.1, 0.15) is 41.8 Å². The van der Waals surface area contributed by atoms with Crippen LogP contribution in [0.5, 0.6) is 0 Å². The van der Waals surface area contributed by atoms with Crippen LogP contribution in [0.3, 0.4) is 0 Å². The van der Waals surface area contributed by atoms with Crippen LogP contribution >= 0.6 is 0 Å². The van der Waals surface area contributed by atoms with Gasteiger partial charge in [0.05, 0.1) is 11.7 Å². The Balaban J connectivity index is 1.28. The molecule has 2 saturated heterocycles. The second-order valence-electron chi connectivity index (χ2n) is 9.30. The number of likely N-dealkylation sites (tertiary alicyclic amines) is 1. The first-order valence-corrected chi connectivity index (χ1v) is 11.3. The van der Waals surface area contributed by atoms with Gasteiger partial charge >= 0.3 is 0 Å². The lowest BCUT2D eigenvalue weighted by atomic mass is 10.0. The molecule has 3 aromatic rings. The van der Waals surface area contributed by atoms with Crippen LogP contribution in [0.2, 0.25) is 0 Å². The molecule has 0 N–H and O–H groups in total. The fraction of sp³-hybridized carbons (Fsp3) is 0.478. The van der Waals surface area contributed by atoms with Crippen LogP contribution in [0.4, 0.5) is 5.82 Å². The molecule has 2 unspecified atom stereocenters. The summed E-state index contributed by atoms with van der Waals surface area (Å²) in [6.45, 7) is 10.8. The Morgan fingerprint density at radius 2 is 1.67 bits per heavy atom. The molecule has 0 spiro atoms. The van der Waals surface area contributed by atoms with Gasteiger partial charge in [-0.05, 0) is 39.8 Å². The molecular weight excluding hydrogens is 420 g/mol. The van der Waals surface area contributed by atoms with E-state index in [1.165, 1.54) is 16.8 Å². The predicted octanol–water partition coefficient (Wildman–Crippen LogP) is 1.63. The van der Waals surface area contributed by atoms with Gasteiger partial charge in [0.15, 0.2) is 5.82 Å². The molecule has 10 heteroatoms. The van der Waals surface area contributed by atoms with Gasteiger partial charge in [0.25, 0.3) is 11.5 Å². The van der Waals surface area contributed by atoms with E-state index in [0.29, 0.717) is 30.6 Å². The highest BCUT2D eigenvalue weighted by molar-refractivity contribution is 5.92. The number of aryl methyl sites for hydroxylation is 2. The summed E-state index contributed by atoms with van der Waals surface area (Å²) in [5, 5.41) is 8.82. The number of aromatic nitrogens is 6. The molecule has 3 aromatic heterocycles. The van der Waals surface area contributed by atoms with E-state index in [4.69, 9.17) is 0 Å². The van der Waals surface area contributed by atoms with Crippen molar-refractivity contribution in [2.45, 2.75) is 33.7 Å². The summed E-state index contributed by atoms with van der Waals surface area (Å²) in [5.74, 6) is 2.27. The zero-order valence-corrected chi connectivity index (χ0v) is 19.3. The molecule has 1 amide bonds. The molecule has 5 heterocycles. The van der Waals surface area contributed by atoms with Gasteiger partial charge in [0.1, 0.15) is 17.8 Å². The van der Waals surface area contributed by atoms with E-state index in [9.17, 15) is 9.59 Å². The molecule has 5 rings (SSSR count). The number of hydrogen-bond donors (Lipinski definition) is 0. The Bertz CT molecular complexity index is 1250. The van der Waals surface area contributed by atoms with Crippen molar-refractivity contribution in [1.82, 2.24) is 34.4 Å². The van der Waals surface area contributed by atoms with Gasteiger partial charge in [-0.2, -0.15) is 10.2 Å². The number of carbonyl (C=O) groups excluding carboxylic acids is 1.